The predicted octanol–water partition coefficient (Wildman–Crippen LogP) is 3.36. The molecule has 0 aromatic carbocycles. The summed E-state index contributed by atoms with van der Waals surface area (Å²) in [7, 11) is 0. The molecule has 2 nitrogen and oxygen atoms in total. The fourth-order valence-electron chi connectivity index (χ4n) is 2.52. The largest absolute Gasteiger partial charge is 0.337 e. The van der Waals surface area contributed by atoms with Crippen LogP contribution in [-0.4, -0.2) is 22.9 Å². The molecule has 1 rings (SSSR count). The van der Waals surface area contributed by atoms with Crippen LogP contribution in [0.25, 0.3) is 0 Å². The Balaban J connectivity index is 2.26. The van der Waals surface area contributed by atoms with E-state index in [1.54, 1.807) is 0 Å². The van der Waals surface area contributed by atoms with Crippen LogP contribution < -0.4 is 0 Å². The van der Waals surface area contributed by atoms with Crippen molar-refractivity contribution in [1.29, 1.82) is 0 Å². The highest BCUT2D eigenvalue weighted by Crippen LogP contribution is 2.24. The van der Waals surface area contributed by atoms with Crippen LogP contribution in [0.15, 0.2) is 0 Å². The lowest BCUT2D eigenvalue weighted by Crippen LogP contribution is -2.38. The van der Waals surface area contributed by atoms with E-state index in [0.29, 0.717) is 18.0 Å². The van der Waals surface area contributed by atoms with Gasteiger partial charge >= 0.3 is 0 Å². The molecule has 1 saturated heterocycles. The molecule has 15 heavy (non-hydrogen) atoms. The van der Waals surface area contributed by atoms with Gasteiger partial charge in [0.1, 0.15) is 0 Å². The summed E-state index contributed by atoms with van der Waals surface area (Å²) in [6.07, 6.45) is 7.91. The summed E-state index contributed by atoms with van der Waals surface area (Å²) in [6.45, 7) is 6.55. The molecule has 2 unspecified atom stereocenters. The highest BCUT2D eigenvalue weighted by Gasteiger charge is 2.30. The molecule has 88 valence electrons. The maximum Gasteiger partial charge on any atom is 0.223 e. The Morgan fingerprint density at radius 2 is 1.73 bits per heavy atom. The number of amides is 1. The molecule has 1 aliphatic rings. The second kappa shape index (κ2) is 6.14. The topological polar surface area (TPSA) is 20.3 Å². The summed E-state index contributed by atoms with van der Waals surface area (Å²) >= 11 is 0. The van der Waals surface area contributed by atoms with Gasteiger partial charge in [0.2, 0.25) is 5.91 Å². The molecule has 1 amide bonds. The van der Waals surface area contributed by atoms with Gasteiger partial charge in [-0.05, 0) is 33.1 Å². The van der Waals surface area contributed by atoms with E-state index in [4.69, 9.17) is 0 Å². The van der Waals surface area contributed by atoms with Crippen LogP contribution in [0.2, 0.25) is 0 Å². The Morgan fingerprint density at radius 1 is 1.13 bits per heavy atom. The number of likely N-dealkylation sites (tertiary alicyclic amines) is 1. The molecular weight excluding hydrogens is 186 g/mol. The van der Waals surface area contributed by atoms with E-state index < -0.39 is 0 Å². The molecule has 1 fully saturated rings. The van der Waals surface area contributed by atoms with E-state index in [9.17, 15) is 4.79 Å². The van der Waals surface area contributed by atoms with Crippen molar-refractivity contribution in [2.75, 3.05) is 0 Å². The van der Waals surface area contributed by atoms with Crippen molar-refractivity contribution < 1.29 is 4.79 Å². The van der Waals surface area contributed by atoms with Gasteiger partial charge in [-0.2, -0.15) is 0 Å². The molecule has 0 aliphatic carbocycles. The standard InChI is InChI=1S/C13H25NO/c1-4-5-6-7-8-13(15)14-11(2)9-10-12(14)3/h11-12H,4-10H2,1-3H3. The zero-order valence-corrected chi connectivity index (χ0v) is 10.5. The van der Waals surface area contributed by atoms with Gasteiger partial charge in [-0.3, -0.25) is 4.79 Å². The monoisotopic (exact) mass is 211 g/mol. The predicted molar refractivity (Wildman–Crippen MR) is 63.8 cm³/mol. The molecule has 0 aromatic heterocycles. The highest BCUT2D eigenvalue weighted by atomic mass is 16.2. The number of rotatable bonds is 5. The number of hydrogen-bond acceptors (Lipinski definition) is 1. The van der Waals surface area contributed by atoms with Crippen LogP contribution >= 0.6 is 0 Å². The average Bonchev–Trinajstić information content (AvgIpc) is 2.53. The normalized spacial score (nSPS) is 25.9. The van der Waals surface area contributed by atoms with Crippen molar-refractivity contribution in [2.24, 2.45) is 0 Å². The number of hydrogen-bond donors (Lipinski definition) is 0. The molecule has 1 heterocycles. The van der Waals surface area contributed by atoms with Gasteiger partial charge in [0.05, 0.1) is 0 Å². The maximum absolute atomic E-state index is 12.0. The van der Waals surface area contributed by atoms with Crippen molar-refractivity contribution in [3.05, 3.63) is 0 Å². The third kappa shape index (κ3) is 3.51. The second-order valence-electron chi connectivity index (χ2n) is 4.89. The van der Waals surface area contributed by atoms with E-state index >= 15 is 0 Å². The lowest BCUT2D eigenvalue weighted by molar-refractivity contribution is -0.133. The lowest BCUT2D eigenvalue weighted by atomic mass is 10.1. The molecule has 0 saturated carbocycles. The summed E-state index contributed by atoms with van der Waals surface area (Å²) in [4.78, 5) is 14.1. The summed E-state index contributed by atoms with van der Waals surface area (Å²) in [5.74, 6) is 0.378. The lowest BCUT2D eigenvalue weighted by Gasteiger charge is -2.26. The van der Waals surface area contributed by atoms with Crippen LogP contribution in [0, 0.1) is 0 Å². The molecule has 1 aliphatic heterocycles. The molecular formula is C13H25NO. The van der Waals surface area contributed by atoms with Crippen LogP contribution in [0.3, 0.4) is 0 Å². The number of unbranched alkanes of at least 4 members (excludes halogenated alkanes) is 3. The average molecular weight is 211 g/mol. The minimum Gasteiger partial charge on any atom is -0.337 e. The first-order valence-corrected chi connectivity index (χ1v) is 6.48. The Labute approximate surface area is 94.0 Å². The van der Waals surface area contributed by atoms with Crippen molar-refractivity contribution in [3.8, 4) is 0 Å². The first-order valence-electron chi connectivity index (χ1n) is 6.48. The van der Waals surface area contributed by atoms with Gasteiger partial charge in [-0.1, -0.05) is 26.2 Å². The fraction of sp³-hybridized carbons (Fsp3) is 0.923. The van der Waals surface area contributed by atoms with Crippen LogP contribution in [-0.2, 0) is 4.79 Å². The SMILES string of the molecule is CCCCCCC(=O)N1C(C)CCC1C. The van der Waals surface area contributed by atoms with E-state index in [0.717, 1.165) is 12.8 Å². The zero-order chi connectivity index (χ0) is 11.3. The van der Waals surface area contributed by atoms with E-state index in [1.807, 2.05) is 0 Å². The molecule has 0 N–H and O–H groups in total. The first-order chi connectivity index (χ1) is 7.16. The number of carbonyl (C=O) groups excluding carboxylic acids is 1. The quantitative estimate of drug-likeness (QED) is 0.639. The Morgan fingerprint density at radius 3 is 2.27 bits per heavy atom. The van der Waals surface area contributed by atoms with Crippen LogP contribution in [0.1, 0.15) is 65.7 Å². The maximum atomic E-state index is 12.0. The molecule has 0 bridgehead atoms. The zero-order valence-electron chi connectivity index (χ0n) is 10.5. The molecule has 0 aromatic rings. The van der Waals surface area contributed by atoms with Crippen molar-refractivity contribution in [1.82, 2.24) is 4.90 Å². The van der Waals surface area contributed by atoms with Crippen molar-refractivity contribution >= 4 is 5.91 Å². The summed E-state index contributed by atoms with van der Waals surface area (Å²) in [5, 5.41) is 0. The van der Waals surface area contributed by atoms with Gasteiger partial charge in [0.15, 0.2) is 0 Å². The Hall–Kier alpha value is -0.530. The number of nitrogens with zero attached hydrogens (tertiary/aromatic N) is 1. The summed E-state index contributed by atoms with van der Waals surface area (Å²) in [6, 6.07) is 0.942. The smallest absolute Gasteiger partial charge is 0.223 e. The van der Waals surface area contributed by atoms with Gasteiger partial charge in [-0.15, -0.1) is 0 Å². The summed E-state index contributed by atoms with van der Waals surface area (Å²) in [5.41, 5.74) is 0. The third-order valence-corrected chi connectivity index (χ3v) is 3.48. The highest BCUT2D eigenvalue weighted by molar-refractivity contribution is 5.77. The minimum atomic E-state index is 0.378. The van der Waals surface area contributed by atoms with E-state index in [-0.39, 0.29) is 0 Å². The van der Waals surface area contributed by atoms with Gasteiger partial charge in [0, 0.05) is 18.5 Å². The first kappa shape index (κ1) is 12.5. The van der Waals surface area contributed by atoms with Crippen molar-refractivity contribution in [2.45, 2.75) is 77.8 Å². The molecule has 2 heteroatoms. The van der Waals surface area contributed by atoms with Gasteiger partial charge in [0.25, 0.3) is 0 Å². The third-order valence-electron chi connectivity index (χ3n) is 3.48. The molecule has 0 spiro atoms. The van der Waals surface area contributed by atoms with Gasteiger partial charge in [-0.25, -0.2) is 0 Å². The fourth-order valence-corrected chi connectivity index (χ4v) is 2.52. The van der Waals surface area contributed by atoms with E-state index in [2.05, 4.69) is 25.7 Å². The van der Waals surface area contributed by atoms with Crippen LogP contribution in [0.4, 0.5) is 0 Å². The molecule has 0 radical (unpaired) electrons. The molecule has 2 atom stereocenters. The summed E-state index contributed by atoms with van der Waals surface area (Å²) < 4.78 is 0. The van der Waals surface area contributed by atoms with E-state index in [1.165, 1.54) is 32.1 Å². The van der Waals surface area contributed by atoms with Crippen LogP contribution in [0.5, 0.6) is 0 Å². The Bertz CT molecular complexity index is 193. The van der Waals surface area contributed by atoms with Gasteiger partial charge < -0.3 is 4.90 Å². The number of carbonyl (C=O) groups is 1. The Kier molecular flexibility index (Phi) is 5.13. The van der Waals surface area contributed by atoms with Crippen molar-refractivity contribution in [3.63, 3.8) is 0 Å². The second-order valence-corrected chi connectivity index (χ2v) is 4.89. The minimum absolute atomic E-state index is 0.378.